The molecule has 3 heteroatoms. The first kappa shape index (κ1) is 9.88. The molecule has 10 heavy (non-hydrogen) atoms. The number of hydrogen-bond donors (Lipinski definition) is 1. The average Bonchev–Trinajstić information content (AvgIpc) is 1.88. The van der Waals surface area contributed by atoms with Crippen LogP contribution in [0.1, 0.15) is 20.3 Å². The summed E-state index contributed by atoms with van der Waals surface area (Å²) in [7, 11) is 2.10. The van der Waals surface area contributed by atoms with E-state index in [9.17, 15) is 0 Å². The standard InChI is InChI=1S/C7H18N2O/c1-7(2)9(3)5-4-6-10-8/h7H,4-6,8H2,1-3H3. The van der Waals surface area contributed by atoms with E-state index >= 15 is 0 Å². The third-order valence-corrected chi connectivity index (χ3v) is 1.65. The van der Waals surface area contributed by atoms with Gasteiger partial charge in [-0.1, -0.05) is 0 Å². The molecule has 2 N–H and O–H groups in total. The topological polar surface area (TPSA) is 38.5 Å². The fraction of sp³-hybridized carbons (Fsp3) is 1.00. The Balaban J connectivity index is 3.13. The predicted octanol–water partition coefficient (Wildman–Crippen LogP) is 0.607. The molecule has 0 aliphatic heterocycles. The maximum atomic E-state index is 4.87. The summed E-state index contributed by atoms with van der Waals surface area (Å²) in [6.07, 6.45) is 1.01. The van der Waals surface area contributed by atoms with E-state index in [1.54, 1.807) is 0 Å². The van der Waals surface area contributed by atoms with Crippen molar-refractivity contribution in [1.82, 2.24) is 4.90 Å². The van der Waals surface area contributed by atoms with Crippen LogP contribution in [0, 0.1) is 0 Å². The van der Waals surface area contributed by atoms with Crippen molar-refractivity contribution < 1.29 is 4.84 Å². The highest BCUT2D eigenvalue weighted by molar-refractivity contribution is 4.55. The summed E-state index contributed by atoms with van der Waals surface area (Å²) < 4.78 is 0. The van der Waals surface area contributed by atoms with Crippen molar-refractivity contribution in [3.63, 3.8) is 0 Å². The Morgan fingerprint density at radius 2 is 2.10 bits per heavy atom. The van der Waals surface area contributed by atoms with Gasteiger partial charge in [-0.15, -0.1) is 0 Å². The predicted molar refractivity (Wildman–Crippen MR) is 42.5 cm³/mol. The van der Waals surface area contributed by atoms with Crippen LogP contribution < -0.4 is 5.90 Å². The third-order valence-electron chi connectivity index (χ3n) is 1.65. The lowest BCUT2D eigenvalue weighted by molar-refractivity contribution is 0.123. The van der Waals surface area contributed by atoms with E-state index in [1.165, 1.54) is 0 Å². The Morgan fingerprint density at radius 3 is 2.50 bits per heavy atom. The van der Waals surface area contributed by atoms with Gasteiger partial charge in [0.1, 0.15) is 0 Å². The van der Waals surface area contributed by atoms with Crippen LogP contribution in [0.15, 0.2) is 0 Å². The molecule has 0 heterocycles. The summed E-state index contributed by atoms with van der Waals surface area (Å²) in [5, 5.41) is 0. The van der Waals surface area contributed by atoms with E-state index in [0.29, 0.717) is 12.6 Å². The summed E-state index contributed by atoms with van der Waals surface area (Å²) in [5.41, 5.74) is 0. The largest absolute Gasteiger partial charge is 0.305 e. The van der Waals surface area contributed by atoms with Gasteiger partial charge in [-0.2, -0.15) is 0 Å². The normalized spacial score (nSPS) is 11.4. The van der Waals surface area contributed by atoms with E-state index < -0.39 is 0 Å². The zero-order valence-electron chi connectivity index (χ0n) is 7.13. The molecule has 0 spiro atoms. The van der Waals surface area contributed by atoms with Crippen molar-refractivity contribution >= 4 is 0 Å². The monoisotopic (exact) mass is 146 g/mol. The lowest BCUT2D eigenvalue weighted by atomic mass is 10.3. The second kappa shape index (κ2) is 5.65. The number of nitrogens with zero attached hydrogens (tertiary/aromatic N) is 1. The quantitative estimate of drug-likeness (QED) is 0.456. The molecule has 0 atom stereocenters. The van der Waals surface area contributed by atoms with Gasteiger partial charge in [0.25, 0.3) is 0 Å². The number of nitrogens with two attached hydrogens (primary N) is 1. The van der Waals surface area contributed by atoms with Crippen molar-refractivity contribution in [2.24, 2.45) is 5.90 Å². The molecule has 0 rings (SSSR count). The van der Waals surface area contributed by atoms with Gasteiger partial charge in [0, 0.05) is 12.6 Å². The van der Waals surface area contributed by atoms with E-state index in [4.69, 9.17) is 5.90 Å². The second-order valence-corrected chi connectivity index (χ2v) is 2.80. The molecule has 0 aliphatic carbocycles. The van der Waals surface area contributed by atoms with Crippen molar-refractivity contribution in [2.75, 3.05) is 20.2 Å². The highest BCUT2D eigenvalue weighted by Crippen LogP contribution is 1.94. The minimum atomic E-state index is 0.609. The molecule has 0 aromatic rings. The Kier molecular flexibility index (Phi) is 5.58. The zero-order chi connectivity index (χ0) is 7.98. The van der Waals surface area contributed by atoms with Gasteiger partial charge >= 0.3 is 0 Å². The van der Waals surface area contributed by atoms with Crippen LogP contribution >= 0.6 is 0 Å². The molecule has 0 bridgehead atoms. The van der Waals surface area contributed by atoms with Gasteiger partial charge in [-0.3, -0.25) is 0 Å². The second-order valence-electron chi connectivity index (χ2n) is 2.80. The SMILES string of the molecule is CC(C)N(C)CCCON. The first-order valence-electron chi connectivity index (χ1n) is 3.70. The third kappa shape index (κ3) is 4.73. The molecule has 3 nitrogen and oxygen atoms in total. The average molecular weight is 146 g/mol. The van der Waals surface area contributed by atoms with Gasteiger partial charge in [0.2, 0.25) is 0 Å². The van der Waals surface area contributed by atoms with Gasteiger partial charge in [0.15, 0.2) is 0 Å². The summed E-state index contributed by atoms with van der Waals surface area (Å²) >= 11 is 0. The molecule has 62 valence electrons. The fourth-order valence-corrected chi connectivity index (χ4v) is 0.655. The molecule has 0 amide bonds. The molecule has 0 aromatic carbocycles. The molecule has 0 unspecified atom stereocenters. The molecular formula is C7H18N2O. The van der Waals surface area contributed by atoms with E-state index in [1.807, 2.05) is 0 Å². The number of hydrogen-bond acceptors (Lipinski definition) is 3. The smallest absolute Gasteiger partial charge is 0.0691 e. The van der Waals surface area contributed by atoms with Crippen molar-refractivity contribution in [2.45, 2.75) is 26.3 Å². The van der Waals surface area contributed by atoms with E-state index in [2.05, 4.69) is 30.6 Å². The summed E-state index contributed by atoms with van der Waals surface area (Å²) in [4.78, 5) is 6.71. The van der Waals surface area contributed by atoms with Crippen LogP contribution in [-0.2, 0) is 4.84 Å². The first-order valence-corrected chi connectivity index (χ1v) is 3.70. The van der Waals surface area contributed by atoms with Crippen molar-refractivity contribution in [1.29, 1.82) is 0 Å². The van der Waals surface area contributed by atoms with Crippen LogP contribution in [0.3, 0.4) is 0 Å². The molecule has 0 aliphatic rings. The van der Waals surface area contributed by atoms with Crippen LogP contribution in [-0.4, -0.2) is 31.1 Å². The van der Waals surface area contributed by atoms with Crippen LogP contribution in [0.5, 0.6) is 0 Å². The highest BCUT2D eigenvalue weighted by atomic mass is 16.6. The minimum absolute atomic E-state index is 0.609. The Morgan fingerprint density at radius 1 is 1.50 bits per heavy atom. The van der Waals surface area contributed by atoms with Gasteiger partial charge in [-0.25, -0.2) is 5.90 Å². The molecular weight excluding hydrogens is 128 g/mol. The Labute approximate surface area is 63.1 Å². The molecule has 0 radical (unpaired) electrons. The van der Waals surface area contributed by atoms with Crippen molar-refractivity contribution in [3.8, 4) is 0 Å². The maximum absolute atomic E-state index is 4.87. The van der Waals surface area contributed by atoms with Gasteiger partial charge in [0.05, 0.1) is 6.61 Å². The van der Waals surface area contributed by atoms with Gasteiger partial charge in [-0.05, 0) is 27.3 Å². The summed E-state index contributed by atoms with van der Waals surface area (Å²) in [5.74, 6) is 4.87. The minimum Gasteiger partial charge on any atom is -0.305 e. The molecule has 0 saturated heterocycles. The maximum Gasteiger partial charge on any atom is 0.0691 e. The van der Waals surface area contributed by atoms with Crippen LogP contribution in [0.2, 0.25) is 0 Å². The Hall–Kier alpha value is -0.120. The summed E-state index contributed by atoms with van der Waals surface area (Å²) in [6, 6.07) is 0.609. The van der Waals surface area contributed by atoms with Crippen molar-refractivity contribution in [3.05, 3.63) is 0 Å². The fourth-order valence-electron chi connectivity index (χ4n) is 0.655. The van der Waals surface area contributed by atoms with Gasteiger partial charge < -0.3 is 9.74 Å². The van der Waals surface area contributed by atoms with Crippen LogP contribution in [0.4, 0.5) is 0 Å². The lowest BCUT2D eigenvalue weighted by Gasteiger charge is -2.20. The van der Waals surface area contributed by atoms with E-state index in [-0.39, 0.29) is 0 Å². The van der Waals surface area contributed by atoms with E-state index in [0.717, 1.165) is 13.0 Å². The molecule has 0 fully saturated rings. The molecule has 0 aromatic heterocycles. The number of rotatable bonds is 5. The zero-order valence-corrected chi connectivity index (χ0v) is 7.13. The highest BCUT2D eigenvalue weighted by Gasteiger charge is 2.00. The van der Waals surface area contributed by atoms with Crippen LogP contribution in [0.25, 0.3) is 0 Å². The first-order chi connectivity index (χ1) is 4.68. The molecule has 0 saturated carbocycles. The Bertz CT molecular complexity index is 76.0. The lowest BCUT2D eigenvalue weighted by Crippen LogP contribution is -2.28. The summed E-state index contributed by atoms with van der Waals surface area (Å²) in [6.45, 7) is 6.04.